The number of carbonyl (C=O) groups is 1. The molecule has 0 radical (unpaired) electrons. The van der Waals surface area contributed by atoms with Gasteiger partial charge in [0.25, 0.3) is 5.69 Å². The maximum atomic E-state index is 12.6. The highest BCUT2D eigenvalue weighted by Crippen LogP contribution is 2.36. The molecule has 1 heterocycles. The number of nitrogens with zero attached hydrogens (tertiary/aromatic N) is 1. The van der Waals surface area contributed by atoms with Crippen LogP contribution in [0.1, 0.15) is 37.2 Å². The lowest BCUT2D eigenvalue weighted by Crippen LogP contribution is -2.44. The van der Waals surface area contributed by atoms with Crippen LogP contribution >= 0.6 is 0 Å². The second-order valence-electron chi connectivity index (χ2n) is 6.16. The highest BCUT2D eigenvalue weighted by atomic mass is 16.6. The van der Waals surface area contributed by atoms with Crippen LogP contribution in [0.5, 0.6) is 0 Å². The van der Waals surface area contributed by atoms with Gasteiger partial charge in [0, 0.05) is 11.8 Å². The first kappa shape index (κ1) is 18.6. The maximum Gasteiger partial charge on any atom is 0.337 e. The zero-order valence-corrected chi connectivity index (χ0v) is 15.1. The van der Waals surface area contributed by atoms with E-state index in [1.165, 1.54) is 6.07 Å². The molecule has 2 N–H and O–H groups in total. The van der Waals surface area contributed by atoms with E-state index in [2.05, 4.69) is 10.6 Å². The first-order chi connectivity index (χ1) is 13.0. The number of hydrogen-bond donors (Lipinski definition) is 2. The van der Waals surface area contributed by atoms with Gasteiger partial charge in [-0.3, -0.25) is 15.4 Å². The molecule has 0 saturated heterocycles. The summed E-state index contributed by atoms with van der Waals surface area (Å²) in [5, 5.41) is 18.1. The molecule has 0 fully saturated rings. The standard InChI is InChI=1S/C20H21N3O4/c1-3-27-20(24)17-13(2)21-19(14-9-5-4-6-10-14)22-18(17)15-11-7-8-12-16(15)23(25)26/h4-12,18-19,21-22H,3H2,1-2H3/t18-,19+/m1/s1. The minimum atomic E-state index is -0.669. The van der Waals surface area contributed by atoms with E-state index in [-0.39, 0.29) is 18.5 Å². The van der Waals surface area contributed by atoms with Gasteiger partial charge in [-0.1, -0.05) is 48.5 Å². The molecular weight excluding hydrogens is 346 g/mol. The van der Waals surface area contributed by atoms with Gasteiger partial charge in [-0.25, -0.2) is 4.79 Å². The lowest BCUT2D eigenvalue weighted by Gasteiger charge is -2.35. The highest BCUT2D eigenvalue weighted by molar-refractivity contribution is 5.91. The molecule has 0 amide bonds. The van der Waals surface area contributed by atoms with Crippen molar-refractivity contribution in [2.24, 2.45) is 0 Å². The minimum Gasteiger partial charge on any atom is -0.463 e. The van der Waals surface area contributed by atoms with E-state index in [1.807, 2.05) is 30.3 Å². The molecule has 2 aromatic carbocycles. The molecule has 1 aliphatic rings. The molecule has 0 aromatic heterocycles. The Morgan fingerprint density at radius 3 is 2.48 bits per heavy atom. The SMILES string of the molecule is CCOC(=O)C1=C(C)N[C@H](c2ccccc2)N[C@@H]1c1ccccc1[N+](=O)[O-]. The second-order valence-corrected chi connectivity index (χ2v) is 6.16. The van der Waals surface area contributed by atoms with Crippen LogP contribution in [-0.2, 0) is 9.53 Å². The van der Waals surface area contributed by atoms with Crippen LogP contribution in [0.2, 0.25) is 0 Å². The molecule has 0 bridgehead atoms. The summed E-state index contributed by atoms with van der Waals surface area (Å²) in [4.78, 5) is 23.7. The molecule has 2 atom stereocenters. The van der Waals surface area contributed by atoms with Crippen molar-refractivity contribution in [2.75, 3.05) is 6.61 Å². The van der Waals surface area contributed by atoms with Crippen LogP contribution in [0.25, 0.3) is 0 Å². The van der Waals surface area contributed by atoms with E-state index >= 15 is 0 Å². The van der Waals surface area contributed by atoms with Gasteiger partial charge < -0.3 is 10.1 Å². The van der Waals surface area contributed by atoms with Crippen molar-refractivity contribution in [1.82, 2.24) is 10.6 Å². The number of nitrogens with one attached hydrogen (secondary N) is 2. The van der Waals surface area contributed by atoms with Crippen molar-refractivity contribution < 1.29 is 14.5 Å². The summed E-state index contributed by atoms with van der Waals surface area (Å²) in [6, 6.07) is 15.4. The minimum absolute atomic E-state index is 0.0432. The van der Waals surface area contributed by atoms with Gasteiger partial charge in [0.1, 0.15) is 6.17 Å². The molecule has 140 valence electrons. The number of rotatable bonds is 5. The Labute approximate surface area is 157 Å². The van der Waals surface area contributed by atoms with E-state index in [4.69, 9.17) is 4.74 Å². The molecule has 0 unspecified atom stereocenters. The monoisotopic (exact) mass is 367 g/mol. The predicted octanol–water partition coefficient (Wildman–Crippen LogP) is 3.36. The number of para-hydroxylation sites is 1. The first-order valence-electron chi connectivity index (χ1n) is 8.71. The van der Waals surface area contributed by atoms with Crippen LogP contribution in [0, 0.1) is 10.1 Å². The van der Waals surface area contributed by atoms with E-state index < -0.39 is 16.9 Å². The summed E-state index contributed by atoms with van der Waals surface area (Å²) in [5.41, 5.74) is 2.32. The first-order valence-corrected chi connectivity index (χ1v) is 8.71. The van der Waals surface area contributed by atoms with E-state index in [0.29, 0.717) is 16.8 Å². The fourth-order valence-electron chi connectivity index (χ4n) is 3.25. The second kappa shape index (κ2) is 8.01. The topological polar surface area (TPSA) is 93.5 Å². The van der Waals surface area contributed by atoms with Crippen molar-refractivity contribution >= 4 is 11.7 Å². The molecule has 1 aliphatic heterocycles. The van der Waals surface area contributed by atoms with Crippen LogP contribution in [0.15, 0.2) is 65.9 Å². The van der Waals surface area contributed by atoms with Crippen molar-refractivity contribution in [3.8, 4) is 0 Å². The highest BCUT2D eigenvalue weighted by Gasteiger charge is 2.36. The summed E-state index contributed by atoms with van der Waals surface area (Å²) in [7, 11) is 0. The maximum absolute atomic E-state index is 12.6. The molecule has 0 saturated carbocycles. The molecular formula is C20H21N3O4. The third-order valence-electron chi connectivity index (χ3n) is 4.46. The number of benzene rings is 2. The molecule has 7 nitrogen and oxygen atoms in total. The molecule has 0 spiro atoms. The van der Waals surface area contributed by atoms with Crippen LogP contribution in [0.4, 0.5) is 5.69 Å². The average molecular weight is 367 g/mol. The summed E-state index contributed by atoms with van der Waals surface area (Å²) in [6.07, 6.45) is -0.297. The Kier molecular flexibility index (Phi) is 5.52. The number of nitro benzene ring substituents is 1. The fraction of sp³-hybridized carbons (Fsp3) is 0.250. The van der Waals surface area contributed by atoms with Crippen molar-refractivity contribution in [1.29, 1.82) is 0 Å². The van der Waals surface area contributed by atoms with Gasteiger partial charge >= 0.3 is 5.97 Å². The predicted molar refractivity (Wildman–Crippen MR) is 101 cm³/mol. The number of hydrogen-bond acceptors (Lipinski definition) is 6. The average Bonchev–Trinajstić information content (AvgIpc) is 2.68. The lowest BCUT2D eigenvalue weighted by molar-refractivity contribution is -0.385. The van der Waals surface area contributed by atoms with Crippen LogP contribution in [-0.4, -0.2) is 17.5 Å². The molecule has 3 rings (SSSR count). The van der Waals surface area contributed by atoms with Crippen molar-refractivity contribution in [3.63, 3.8) is 0 Å². The van der Waals surface area contributed by atoms with Crippen LogP contribution in [0.3, 0.4) is 0 Å². The zero-order valence-electron chi connectivity index (χ0n) is 15.1. The van der Waals surface area contributed by atoms with E-state index in [1.54, 1.807) is 32.0 Å². The summed E-state index contributed by atoms with van der Waals surface area (Å²) >= 11 is 0. The number of carbonyl (C=O) groups excluding carboxylic acids is 1. The number of allylic oxidation sites excluding steroid dienone is 1. The van der Waals surface area contributed by atoms with E-state index in [9.17, 15) is 14.9 Å². The largest absolute Gasteiger partial charge is 0.463 e. The van der Waals surface area contributed by atoms with Gasteiger partial charge in [-0.2, -0.15) is 0 Å². The quantitative estimate of drug-likeness (QED) is 0.478. The third-order valence-corrected chi connectivity index (χ3v) is 4.46. The number of ether oxygens (including phenoxy) is 1. The van der Waals surface area contributed by atoms with Gasteiger partial charge in [0.2, 0.25) is 0 Å². The molecule has 0 aliphatic carbocycles. The Bertz CT molecular complexity index is 880. The lowest BCUT2D eigenvalue weighted by atomic mass is 9.92. The Morgan fingerprint density at radius 2 is 1.81 bits per heavy atom. The van der Waals surface area contributed by atoms with Crippen molar-refractivity contribution in [2.45, 2.75) is 26.1 Å². The van der Waals surface area contributed by atoms with Crippen LogP contribution < -0.4 is 10.6 Å². The summed E-state index contributed by atoms with van der Waals surface area (Å²) in [6.45, 7) is 3.73. The fourth-order valence-corrected chi connectivity index (χ4v) is 3.25. The number of nitro groups is 1. The smallest absolute Gasteiger partial charge is 0.337 e. The normalized spacial score (nSPS) is 19.3. The van der Waals surface area contributed by atoms with E-state index in [0.717, 1.165) is 5.56 Å². The Hall–Kier alpha value is -3.19. The molecule has 27 heavy (non-hydrogen) atoms. The Balaban J connectivity index is 2.10. The summed E-state index contributed by atoms with van der Waals surface area (Å²) in [5.74, 6) is -0.496. The zero-order chi connectivity index (χ0) is 19.4. The van der Waals surface area contributed by atoms with Gasteiger partial charge in [0.05, 0.1) is 28.7 Å². The molecule has 7 heteroatoms. The Morgan fingerprint density at radius 1 is 1.15 bits per heavy atom. The third kappa shape index (κ3) is 3.83. The van der Waals surface area contributed by atoms with Crippen molar-refractivity contribution in [3.05, 3.63) is 87.1 Å². The van der Waals surface area contributed by atoms with Gasteiger partial charge in [0.15, 0.2) is 0 Å². The summed E-state index contributed by atoms with van der Waals surface area (Å²) < 4.78 is 5.20. The number of esters is 1. The molecule has 2 aromatic rings. The van der Waals surface area contributed by atoms with Gasteiger partial charge in [-0.05, 0) is 19.4 Å². The van der Waals surface area contributed by atoms with Gasteiger partial charge in [-0.15, -0.1) is 0 Å².